The number of amides is 1. The van der Waals surface area contributed by atoms with Crippen molar-refractivity contribution in [2.45, 2.75) is 45.4 Å². The third kappa shape index (κ3) is 4.66. The number of hydrogen-bond acceptors (Lipinski definition) is 5. The molecule has 2 heterocycles. The average Bonchev–Trinajstić information content (AvgIpc) is 3.04. The van der Waals surface area contributed by atoms with Crippen molar-refractivity contribution >= 4 is 5.91 Å². The number of rotatable bonds is 6. The van der Waals surface area contributed by atoms with E-state index in [1.54, 1.807) is 35.1 Å². The summed E-state index contributed by atoms with van der Waals surface area (Å²) in [5, 5.41) is 16.4. The van der Waals surface area contributed by atoms with Gasteiger partial charge in [0.05, 0.1) is 35.5 Å². The van der Waals surface area contributed by atoms with Crippen molar-refractivity contribution in [1.82, 2.24) is 15.1 Å². The van der Waals surface area contributed by atoms with Gasteiger partial charge in [-0.15, -0.1) is 0 Å². The van der Waals surface area contributed by atoms with Crippen molar-refractivity contribution in [3.05, 3.63) is 47.3 Å². The summed E-state index contributed by atoms with van der Waals surface area (Å²) in [6.45, 7) is 5.68. The van der Waals surface area contributed by atoms with E-state index in [2.05, 4.69) is 23.4 Å². The summed E-state index contributed by atoms with van der Waals surface area (Å²) >= 11 is 0. The molecule has 1 amide bonds. The maximum atomic E-state index is 12.7. The Kier molecular flexibility index (Phi) is 6.09. The number of hydrogen-bond donors (Lipinski definition) is 1. The lowest BCUT2D eigenvalue weighted by atomic mass is 10.1. The van der Waals surface area contributed by atoms with Crippen LogP contribution in [0, 0.1) is 18.3 Å². The molecule has 7 nitrogen and oxygen atoms in total. The largest absolute Gasteiger partial charge is 0.486 e. The first-order chi connectivity index (χ1) is 13.1. The zero-order valence-electron chi connectivity index (χ0n) is 15.6. The number of nitriles is 1. The number of carbonyl (C=O) groups excluding carboxylic acids is 1. The highest BCUT2D eigenvalue weighted by molar-refractivity contribution is 5.95. The minimum Gasteiger partial charge on any atom is -0.486 e. The molecule has 3 rings (SSSR count). The summed E-state index contributed by atoms with van der Waals surface area (Å²) in [4.78, 5) is 12.7. The second kappa shape index (κ2) is 8.69. The minimum absolute atomic E-state index is 0.143. The van der Waals surface area contributed by atoms with Crippen LogP contribution in [0.4, 0.5) is 0 Å². The van der Waals surface area contributed by atoms with Gasteiger partial charge < -0.3 is 14.8 Å². The average molecular weight is 368 g/mol. The molecule has 1 aliphatic rings. The zero-order valence-corrected chi connectivity index (χ0v) is 15.6. The predicted molar refractivity (Wildman–Crippen MR) is 99.5 cm³/mol. The van der Waals surface area contributed by atoms with Crippen molar-refractivity contribution in [1.29, 1.82) is 5.26 Å². The number of nitrogens with one attached hydrogen (secondary N) is 1. The first-order valence-electron chi connectivity index (χ1n) is 9.20. The van der Waals surface area contributed by atoms with Crippen LogP contribution in [0.3, 0.4) is 0 Å². The Morgan fingerprint density at radius 1 is 1.44 bits per heavy atom. The molecule has 2 aromatic rings. The van der Waals surface area contributed by atoms with Gasteiger partial charge in [-0.1, -0.05) is 6.92 Å². The number of carbonyl (C=O) groups is 1. The number of aryl methyl sites for hydroxylation is 2. The molecule has 0 aliphatic carbocycles. The molecule has 1 N–H and O–H groups in total. The monoisotopic (exact) mass is 368 g/mol. The predicted octanol–water partition coefficient (Wildman–Crippen LogP) is 2.44. The third-order valence-corrected chi connectivity index (χ3v) is 4.54. The van der Waals surface area contributed by atoms with Crippen LogP contribution in [-0.2, 0) is 11.3 Å². The quantitative estimate of drug-likeness (QED) is 0.846. The van der Waals surface area contributed by atoms with Gasteiger partial charge in [-0.05, 0) is 44.0 Å². The van der Waals surface area contributed by atoms with Crippen LogP contribution >= 0.6 is 0 Å². The summed E-state index contributed by atoms with van der Waals surface area (Å²) in [6, 6.07) is 8.85. The van der Waals surface area contributed by atoms with E-state index in [1.807, 2.05) is 6.92 Å². The van der Waals surface area contributed by atoms with Gasteiger partial charge in [-0.2, -0.15) is 10.4 Å². The van der Waals surface area contributed by atoms with E-state index in [0.717, 1.165) is 18.7 Å². The lowest BCUT2D eigenvalue weighted by Crippen LogP contribution is -2.51. The summed E-state index contributed by atoms with van der Waals surface area (Å²) < 4.78 is 13.3. The molecule has 0 saturated carbocycles. The zero-order chi connectivity index (χ0) is 19.2. The molecule has 0 radical (unpaired) electrons. The van der Waals surface area contributed by atoms with Gasteiger partial charge in [0.1, 0.15) is 11.9 Å². The normalized spacial score (nSPS) is 19.3. The Hall–Kier alpha value is -2.85. The molecule has 7 heteroatoms. The van der Waals surface area contributed by atoms with Crippen molar-refractivity contribution in [3.63, 3.8) is 0 Å². The molecule has 1 saturated heterocycles. The SMILES string of the molecule is CCCn1cc(C(=O)N[C@@H]2CCOC[C@H]2Oc2ccc(C#N)cc2)c(C)n1. The number of aromatic nitrogens is 2. The van der Waals surface area contributed by atoms with Crippen LogP contribution in [0.1, 0.15) is 41.4 Å². The standard InChI is InChI=1S/C20H24N4O3/c1-3-9-24-12-17(14(2)23-24)20(25)22-18-8-10-26-13-19(18)27-16-6-4-15(11-21)5-7-16/h4-7,12,18-19H,3,8-10,13H2,1-2H3,(H,22,25)/t18-,19-/m1/s1. The molecule has 1 aliphatic heterocycles. The van der Waals surface area contributed by atoms with Crippen LogP contribution in [0.5, 0.6) is 5.75 Å². The Bertz CT molecular complexity index is 823. The van der Waals surface area contributed by atoms with Crippen LogP contribution in [-0.4, -0.2) is 41.0 Å². The molecule has 142 valence electrons. The van der Waals surface area contributed by atoms with Gasteiger partial charge in [-0.3, -0.25) is 9.48 Å². The van der Waals surface area contributed by atoms with Crippen molar-refractivity contribution in [2.75, 3.05) is 13.2 Å². The molecule has 0 unspecified atom stereocenters. The number of ether oxygens (including phenoxy) is 2. The van der Waals surface area contributed by atoms with Crippen molar-refractivity contribution < 1.29 is 14.3 Å². The van der Waals surface area contributed by atoms with Gasteiger partial charge in [0.15, 0.2) is 0 Å². The number of benzene rings is 1. The summed E-state index contributed by atoms with van der Waals surface area (Å²) in [7, 11) is 0. The fourth-order valence-electron chi connectivity index (χ4n) is 3.11. The number of nitrogens with zero attached hydrogens (tertiary/aromatic N) is 3. The van der Waals surface area contributed by atoms with Crippen molar-refractivity contribution in [3.8, 4) is 11.8 Å². The van der Waals surface area contributed by atoms with E-state index < -0.39 is 0 Å². The van der Waals surface area contributed by atoms with Crippen LogP contribution in [0.2, 0.25) is 0 Å². The molecular formula is C20H24N4O3. The molecule has 1 aromatic heterocycles. The maximum absolute atomic E-state index is 12.7. The van der Waals surface area contributed by atoms with E-state index in [4.69, 9.17) is 14.7 Å². The molecular weight excluding hydrogens is 344 g/mol. The first-order valence-corrected chi connectivity index (χ1v) is 9.20. The summed E-state index contributed by atoms with van der Waals surface area (Å²) in [6.07, 6.45) is 3.14. The molecule has 0 bridgehead atoms. The van der Waals surface area contributed by atoms with E-state index in [0.29, 0.717) is 36.5 Å². The highest BCUT2D eigenvalue weighted by atomic mass is 16.5. The molecule has 0 spiro atoms. The van der Waals surface area contributed by atoms with Crippen LogP contribution in [0.15, 0.2) is 30.5 Å². The lowest BCUT2D eigenvalue weighted by molar-refractivity contribution is -0.0135. The lowest BCUT2D eigenvalue weighted by Gasteiger charge is -2.32. The second-order valence-electron chi connectivity index (χ2n) is 6.63. The summed E-state index contributed by atoms with van der Waals surface area (Å²) in [5.41, 5.74) is 1.89. The Morgan fingerprint density at radius 2 is 2.22 bits per heavy atom. The Balaban J connectivity index is 1.67. The van der Waals surface area contributed by atoms with E-state index in [-0.39, 0.29) is 18.1 Å². The molecule has 1 aromatic carbocycles. The third-order valence-electron chi connectivity index (χ3n) is 4.54. The highest BCUT2D eigenvalue weighted by Crippen LogP contribution is 2.19. The Morgan fingerprint density at radius 3 is 2.93 bits per heavy atom. The topological polar surface area (TPSA) is 89.2 Å². The van der Waals surface area contributed by atoms with Gasteiger partial charge in [0.2, 0.25) is 0 Å². The first kappa shape index (κ1) is 18.9. The van der Waals surface area contributed by atoms with E-state index in [9.17, 15) is 4.79 Å². The smallest absolute Gasteiger partial charge is 0.255 e. The van der Waals surface area contributed by atoms with Gasteiger partial charge in [0, 0.05) is 19.3 Å². The van der Waals surface area contributed by atoms with Gasteiger partial charge in [-0.25, -0.2) is 0 Å². The van der Waals surface area contributed by atoms with Gasteiger partial charge >= 0.3 is 0 Å². The molecule has 27 heavy (non-hydrogen) atoms. The highest BCUT2D eigenvalue weighted by Gasteiger charge is 2.30. The Labute approximate surface area is 158 Å². The van der Waals surface area contributed by atoms with E-state index >= 15 is 0 Å². The van der Waals surface area contributed by atoms with Crippen LogP contribution in [0.25, 0.3) is 0 Å². The molecule has 1 fully saturated rings. The maximum Gasteiger partial charge on any atom is 0.255 e. The van der Waals surface area contributed by atoms with Crippen molar-refractivity contribution in [2.24, 2.45) is 0 Å². The van der Waals surface area contributed by atoms with Gasteiger partial charge in [0.25, 0.3) is 5.91 Å². The fraction of sp³-hybridized carbons (Fsp3) is 0.450. The minimum atomic E-state index is -0.290. The van der Waals surface area contributed by atoms with Crippen LogP contribution < -0.4 is 10.1 Å². The second-order valence-corrected chi connectivity index (χ2v) is 6.63. The fourth-order valence-corrected chi connectivity index (χ4v) is 3.11. The van der Waals surface area contributed by atoms with E-state index in [1.165, 1.54) is 0 Å². The molecule has 2 atom stereocenters. The summed E-state index contributed by atoms with van der Waals surface area (Å²) in [5.74, 6) is 0.505.